The Kier molecular flexibility index (Phi) is 7.72. The third kappa shape index (κ3) is 6.08. The Labute approximate surface area is 177 Å². The van der Waals surface area contributed by atoms with E-state index in [-0.39, 0.29) is 5.91 Å². The summed E-state index contributed by atoms with van der Waals surface area (Å²) >= 11 is 1.60. The van der Waals surface area contributed by atoms with Crippen LogP contribution in [0.25, 0.3) is 6.08 Å². The summed E-state index contributed by atoms with van der Waals surface area (Å²) in [6, 6.07) is 8.60. The lowest BCUT2D eigenvalue weighted by Gasteiger charge is -2.38. The molecular formula is C23H30N2O3S. The molecule has 1 N–H and O–H groups in total. The molecule has 6 heteroatoms. The van der Waals surface area contributed by atoms with Crippen LogP contribution in [-0.2, 0) is 4.79 Å². The van der Waals surface area contributed by atoms with Gasteiger partial charge in [-0.3, -0.25) is 9.69 Å². The summed E-state index contributed by atoms with van der Waals surface area (Å²) in [6.45, 7) is 6.04. The molecule has 1 amide bonds. The first-order chi connectivity index (χ1) is 14.1. The van der Waals surface area contributed by atoms with E-state index in [0.717, 1.165) is 12.1 Å². The quantitative estimate of drug-likeness (QED) is 0.614. The lowest BCUT2D eigenvalue weighted by molar-refractivity contribution is -0.111. The lowest BCUT2D eigenvalue weighted by Crippen LogP contribution is -2.45. The van der Waals surface area contributed by atoms with E-state index in [4.69, 9.17) is 9.47 Å². The fourth-order valence-corrected chi connectivity index (χ4v) is 4.40. The van der Waals surface area contributed by atoms with Gasteiger partial charge in [-0.05, 0) is 67.3 Å². The fourth-order valence-electron chi connectivity index (χ4n) is 3.77. The highest BCUT2D eigenvalue weighted by Gasteiger charge is 2.24. The van der Waals surface area contributed by atoms with Gasteiger partial charge in [-0.15, -0.1) is 0 Å². The number of hydrogen-bond donors (Lipinski definition) is 1. The molecule has 5 nitrogen and oxygen atoms in total. The number of hydrogen-bond acceptors (Lipinski definition) is 5. The first-order valence-electron chi connectivity index (χ1n) is 10.1. The molecule has 0 spiro atoms. The molecule has 0 bridgehead atoms. The Balaban J connectivity index is 1.58. The van der Waals surface area contributed by atoms with Gasteiger partial charge in [-0.25, -0.2) is 0 Å². The van der Waals surface area contributed by atoms with E-state index in [1.54, 1.807) is 24.5 Å². The molecule has 29 heavy (non-hydrogen) atoms. The Bertz CT molecular complexity index is 810. The maximum Gasteiger partial charge on any atom is 0.248 e. The maximum absolute atomic E-state index is 12.2. The van der Waals surface area contributed by atoms with Crippen molar-refractivity contribution < 1.29 is 14.3 Å². The van der Waals surface area contributed by atoms with Gasteiger partial charge >= 0.3 is 0 Å². The number of carbonyl (C=O) groups excluding carboxylic acids is 1. The number of benzene rings is 1. The molecule has 2 heterocycles. The number of anilines is 1. The van der Waals surface area contributed by atoms with Crippen molar-refractivity contribution in [2.75, 3.05) is 25.6 Å². The van der Waals surface area contributed by atoms with Gasteiger partial charge in [0, 0.05) is 36.5 Å². The number of thiophene rings is 1. The van der Waals surface area contributed by atoms with Crippen molar-refractivity contribution in [1.82, 2.24) is 4.90 Å². The molecule has 1 saturated heterocycles. The Morgan fingerprint density at radius 2 is 2.03 bits per heavy atom. The Morgan fingerprint density at radius 3 is 2.72 bits per heavy atom. The van der Waals surface area contributed by atoms with Crippen LogP contribution < -0.4 is 14.8 Å². The number of piperidine rings is 1. The van der Waals surface area contributed by atoms with Crippen LogP contribution in [0.4, 0.5) is 5.69 Å². The van der Waals surface area contributed by atoms with Crippen molar-refractivity contribution in [2.45, 2.75) is 45.2 Å². The number of nitrogens with one attached hydrogen (secondary N) is 1. The zero-order chi connectivity index (χ0) is 20.6. The predicted molar refractivity (Wildman–Crippen MR) is 120 cm³/mol. The standard InChI is InChI=1S/C23H30N2O3S/c1-17-5-4-6-18(2)25(17)12-13-28-22-15-20(8-9-21(22)27-3)24-23(26)10-7-19-11-14-29-16-19/h7-11,14-18H,4-6,12-13H2,1-3H3,(H,24,26)/b10-7+/t17-,18+. The van der Waals surface area contributed by atoms with Gasteiger partial charge in [-0.1, -0.05) is 6.42 Å². The number of rotatable bonds is 8. The summed E-state index contributed by atoms with van der Waals surface area (Å²) in [4.78, 5) is 14.7. The third-order valence-electron chi connectivity index (χ3n) is 5.38. The molecule has 1 aliphatic heterocycles. The van der Waals surface area contributed by atoms with E-state index in [9.17, 15) is 4.79 Å². The van der Waals surface area contributed by atoms with Crippen LogP contribution in [0.3, 0.4) is 0 Å². The van der Waals surface area contributed by atoms with Crippen molar-refractivity contribution >= 4 is 29.0 Å². The van der Waals surface area contributed by atoms with Crippen LogP contribution in [-0.4, -0.2) is 43.2 Å². The van der Waals surface area contributed by atoms with Gasteiger partial charge in [0.2, 0.25) is 5.91 Å². The van der Waals surface area contributed by atoms with E-state index in [2.05, 4.69) is 24.1 Å². The number of carbonyl (C=O) groups is 1. The number of likely N-dealkylation sites (tertiary alicyclic amines) is 1. The maximum atomic E-state index is 12.2. The zero-order valence-corrected chi connectivity index (χ0v) is 18.2. The van der Waals surface area contributed by atoms with Crippen LogP contribution in [0.5, 0.6) is 11.5 Å². The Morgan fingerprint density at radius 1 is 1.24 bits per heavy atom. The van der Waals surface area contributed by atoms with Gasteiger partial charge in [0.1, 0.15) is 6.61 Å². The van der Waals surface area contributed by atoms with Gasteiger partial charge in [0.15, 0.2) is 11.5 Å². The van der Waals surface area contributed by atoms with E-state index < -0.39 is 0 Å². The summed E-state index contributed by atoms with van der Waals surface area (Å²) in [7, 11) is 1.62. The summed E-state index contributed by atoms with van der Waals surface area (Å²) in [6.07, 6.45) is 7.12. The SMILES string of the molecule is COc1ccc(NC(=O)/C=C/c2ccsc2)cc1OCCN1[C@H](C)CCC[C@@H]1C. The second-order valence-corrected chi connectivity index (χ2v) is 8.24. The minimum atomic E-state index is -0.178. The smallest absolute Gasteiger partial charge is 0.248 e. The van der Waals surface area contributed by atoms with Crippen LogP contribution in [0.15, 0.2) is 41.1 Å². The molecule has 2 aromatic rings. The summed E-state index contributed by atoms with van der Waals surface area (Å²) in [5.41, 5.74) is 1.70. The van der Waals surface area contributed by atoms with Crippen molar-refractivity contribution in [3.63, 3.8) is 0 Å². The summed E-state index contributed by atoms with van der Waals surface area (Å²) in [5, 5.41) is 6.86. The van der Waals surface area contributed by atoms with Gasteiger partial charge in [0.25, 0.3) is 0 Å². The second kappa shape index (κ2) is 10.5. The van der Waals surface area contributed by atoms with E-state index in [1.165, 1.54) is 25.3 Å². The number of ether oxygens (including phenoxy) is 2. The first kappa shape index (κ1) is 21.4. The number of methoxy groups -OCH3 is 1. The molecular weight excluding hydrogens is 384 g/mol. The van der Waals surface area contributed by atoms with Gasteiger partial charge < -0.3 is 14.8 Å². The summed E-state index contributed by atoms with van der Waals surface area (Å²) in [5.74, 6) is 1.13. The zero-order valence-electron chi connectivity index (χ0n) is 17.4. The number of nitrogens with zero attached hydrogens (tertiary/aromatic N) is 1. The van der Waals surface area contributed by atoms with Crippen molar-refractivity contribution in [3.8, 4) is 11.5 Å². The van der Waals surface area contributed by atoms with E-state index >= 15 is 0 Å². The number of amides is 1. The molecule has 2 atom stereocenters. The van der Waals surface area contributed by atoms with Crippen LogP contribution in [0, 0.1) is 0 Å². The Hall–Kier alpha value is -2.31. The molecule has 1 fully saturated rings. The van der Waals surface area contributed by atoms with Gasteiger partial charge in [-0.2, -0.15) is 11.3 Å². The predicted octanol–water partition coefficient (Wildman–Crippen LogP) is 5.05. The first-order valence-corrected chi connectivity index (χ1v) is 11.1. The monoisotopic (exact) mass is 414 g/mol. The largest absolute Gasteiger partial charge is 0.493 e. The molecule has 1 aliphatic rings. The van der Waals surface area contributed by atoms with Gasteiger partial charge in [0.05, 0.1) is 7.11 Å². The van der Waals surface area contributed by atoms with Crippen LogP contribution in [0.1, 0.15) is 38.7 Å². The molecule has 1 aromatic carbocycles. The molecule has 0 unspecified atom stereocenters. The van der Waals surface area contributed by atoms with Crippen LogP contribution >= 0.6 is 11.3 Å². The highest BCUT2D eigenvalue weighted by atomic mass is 32.1. The second-order valence-electron chi connectivity index (χ2n) is 7.46. The molecule has 0 saturated carbocycles. The topological polar surface area (TPSA) is 50.8 Å². The molecule has 3 rings (SSSR count). The highest BCUT2D eigenvalue weighted by molar-refractivity contribution is 7.08. The highest BCUT2D eigenvalue weighted by Crippen LogP contribution is 2.30. The van der Waals surface area contributed by atoms with E-state index in [0.29, 0.717) is 35.9 Å². The minimum Gasteiger partial charge on any atom is -0.493 e. The third-order valence-corrected chi connectivity index (χ3v) is 6.09. The molecule has 1 aromatic heterocycles. The normalized spacial score (nSPS) is 20.0. The molecule has 156 valence electrons. The summed E-state index contributed by atoms with van der Waals surface area (Å²) < 4.78 is 11.5. The lowest BCUT2D eigenvalue weighted by atomic mass is 9.98. The minimum absolute atomic E-state index is 0.178. The average molecular weight is 415 g/mol. The average Bonchev–Trinajstić information content (AvgIpc) is 3.22. The van der Waals surface area contributed by atoms with Crippen molar-refractivity contribution in [3.05, 3.63) is 46.7 Å². The fraction of sp³-hybridized carbons (Fsp3) is 0.435. The molecule has 0 aliphatic carbocycles. The van der Waals surface area contributed by atoms with E-state index in [1.807, 2.05) is 35.0 Å². The van der Waals surface area contributed by atoms with Crippen molar-refractivity contribution in [2.24, 2.45) is 0 Å². The molecule has 0 radical (unpaired) electrons. The van der Waals surface area contributed by atoms with Crippen molar-refractivity contribution in [1.29, 1.82) is 0 Å². The van der Waals surface area contributed by atoms with Crippen LogP contribution in [0.2, 0.25) is 0 Å².